The van der Waals surface area contributed by atoms with Crippen molar-refractivity contribution in [3.05, 3.63) is 71.8 Å². The summed E-state index contributed by atoms with van der Waals surface area (Å²) in [5.41, 5.74) is 21.6. The third-order valence-electron chi connectivity index (χ3n) is 6.36. The second-order valence-corrected chi connectivity index (χ2v) is 10.8. The molecule has 0 aromatic heterocycles. The third kappa shape index (κ3) is 26.7. The minimum Gasteiger partial charge on any atom is -0.370 e. The van der Waals surface area contributed by atoms with Gasteiger partial charge in [-0.3, -0.25) is 33.8 Å². The van der Waals surface area contributed by atoms with Crippen LogP contribution in [0.15, 0.2) is 65.7 Å². The molecule has 2 aromatic carbocycles. The Hall–Kier alpha value is -5.16. The van der Waals surface area contributed by atoms with Crippen LogP contribution in [0.4, 0.5) is 0 Å². The lowest BCUT2D eigenvalue weighted by Gasteiger charge is -2.19. The van der Waals surface area contributed by atoms with E-state index >= 15 is 0 Å². The minimum atomic E-state index is -1.16. The second-order valence-electron chi connectivity index (χ2n) is 10.8. The molecule has 0 aliphatic carbocycles. The molecule has 290 valence electrons. The van der Waals surface area contributed by atoms with Gasteiger partial charge in [-0.2, -0.15) is 12.6 Å². The predicted octanol–water partition coefficient (Wildman–Crippen LogP) is 0.0650. The van der Waals surface area contributed by atoms with Crippen molar-refractivity contribution in [2.45, 2.75) is 71.5 Å². The molecule has 0 radical (unpaired) electrons. The summed E-state index contributed by atoms with van der Waals surface area (Å²) in [6, 6.07) is 15.4. The lowest BCUT2D eigenvalue weighted by Crippen LogP contribution is -2.52. The van der Waals surface area contributed by atoms with Crippen LogP contribution in [0.25, 0.3) is 0 Å². The fourth-order valence-corrected chi connectivity index (χ4v) is 3.65. The maximum Gasteiger partial charge on any atom is 0.251 e. The summed E-state index contributed by atoms with van der Waals surface area (Å²) in [6.07, 6.45) is 4.79. The number of hydrogen-bond donors (Lipinski definition) is 10. The van der Waals surface area contributed by atoms with Crippen molar-refractivity contribution in [1.82, 2.24) is 26.6 Å². The van der Waals surface area contributed by atoms with Gasteiger partial charge in [0.25, 0.3) is 5.91 Å². The van der Waals surface area contributed by atoms with Crippen LogP contribution in [0.2, 0.25) is 0 Å². The van der Waals surface area contributed by atoms with Crippen molar-refractivity contribution in [2.75, 3.05) is 32.4 Å². The Morgan fingerprint density at radius 1 is 0.750 bits per heavy atom. The van der Waals surface area contributed by atoms with Gasteiger partial charge >= 0.3 is 0 Å². The Kier molecular flexibility index (Phi) is 29.9. The maximum atomic E-state index is 12.6. The molecule has 0 saturated heterocycles. The normalized spacial score (nSPS) is 10.7. The zero-order valence-corrected chi connectivity index (χ0v) is 31.5. The highest BCUT2D eigenvalue weighted by molar-refractivity contribution is 7.79. The number of primary amides is 1. The van der Waals surface area contributed by atoms with Crippen molar-refractivity contribution in [3.8, 4) is 0 Å². The van der Waals surface area contributed by atoms with Crippen molar-refractivity contribution >= 4 is 54.0 Å². The number of nitrogens with one attached hydrogen (secondary N) is 5. The van der Waals surface area contributed by atoms with Crippen molar-refractivity contribution in [2.24, 2.45) is 27.9 Å². The van der Waals surface area contributed by atoms with Gasteiger partial charge in [0, 0.05) is 25.1 Å². The molecule has 0 aliphatic rings. The van der Waals surface area contributed by atoms with E-state index < -0.39 is 54.1 Å². The molecule has 0 spiro atoms. The van der Waals surface area contributed by atoms with Gasteiger partial charge in [-0.1, -0.05) is 68.8 Å². The molecule has 16 nitrogen and oxygen atoms in total. The van der Waals surface area contributed by atoms with Gasteiger partial charge in [0.05, 0.1) is 13.1 Å². The average Bonchev–Trinajstić information content (AvgIpc) is 3.15. The first-order valence-corrected chi connectivity index (χ1v) is 17.7. The Morgan fingerprint density at radius 2 is 1.31 bits per heavy atom. The van der Waals surface area contributed by atoms with E-state index in [4.69, 9.17) is 22.9 Å². The smallest absolute Gasteiger partial charge is 0.251 e. The van der Waals surface area contributed by atoms with E-state index in [0.29, 0.717) is 5.56 Å². The number of carbonyl (C=O) groups excluding carboxylic acids is 6. The SMILES string of the molecule is CC(NC(=O)c1ccccc1)C(=O)NCC(=O)N[C@@H](CCC(N)=O)C(=O)NCC(=O)NCc1ccccc1.CCCCN.CCCN=C(N)N.CS. The molecule has 0 bridgehead atoms. The lowest BCUT2D eigenvalue weighted by molar-refractivity contribution is -0.131. The lowest BCUT2D eigenvalue weighted by atomic mass is 10.1. The second kappa shape index (κ2) is 31.8. The van der Waals surface area contributed by atoms with Crippen LogP contribution in [-0.4, -0.2) is 85.9 Å². The molecule has 1 unspecified atom stereocenters. The third-order valence-corrected chi connectivity index (χ3v) is 6.36. The van der Waals surface area contributed by atoms with Crippen LogP contribution < -0.4 is 49.5 Å². The van der Waals surface area contributed by atoms with Crippen LogP contribution in [-0.2, 0) is 30.5 Å². The minimum absolute atomic E-state index is 0.101. The Bertz CT molecular complexity index is 1340. The van der Waals surface area contributed by atoms with E-state index in [2.05, 4.69) is 51.1 Å². The van der Waals surface area contributed by atoms with Gasteiger partial charge in [0.2, 0.25) is 29.5 Å². The predicted molar refractivity (Wildman–Crippen MR) is 208 cm³/mol. The monoisotopic (exact) mass is 746 g/mol. The Labute approximate surface area is 312 Å². The number of guanidine groups is 1. The van der Waals surface area contributed by atoms with E-state index in [-0.39, 0.29) is 31.9 Å². The number of aliphatic imine (C=N–C) groups is 1. The summed E-state index contributed by atoms with van der Waals surface area (Å²) in [5.74, 6) is -3.40. The summed E-state index contributed by atoms with van der Waals surface area (Å²) in [4.78, 5) is 76.4. The zero-order chi connectivity index (χ0) is 39.7. The summed E-state index contributed by atoms with van der Waals surface area (Å²) < 4.78 is 0. The molecule has 6 amide bonds. The quantitative estimate of drug-likeness (QED) is 0.0560. The molecular weight excluding hydrogens is 689 g/mol. The van der Waals surface area contributed by atoms with Gasteiger partial charge in [-0.25, -0.2) is 0 Å². The Balaban J connectivity index is 0. The highest BCUT2D eigenvalue weighted by Crippen LogP contribution is 2.00. The van der Waals surface area contributed by atoms with Crippen molar-refractivity contribution < 1.29 is 28.8 Å². The van der Waals surface area contributed by atoms with E-state index in [9.17, 15) is 28.8 Å². The van der Waals surface area contributed by atoms with E-state index in [1.165, 1.54) is 19.8 Å². The molecule has 2 rings (SSSR count). The summed E-state index contributed by atoms with van der Waals surface area (Å²) >= 11 is 3.53. The van der Waals surface area contributed by atoms with Gasteiger partial charge in [0.1, 0.15) is 12.1 Å². The zero-order valence-electron chi connectivity index (χ0n) is 30.7. The van der Waals surface area contributed by atoms with Crippen LogP contribution in [0.1, 0.15) is 68.8 Å². The molecule has 17 heteroatoms. The van der Waals surface area contributed by atoms with E-state index in [0.717, 1.165) is 25.1 Å². The molecule has 52 heavy (non-hydrogen) atoms. The topological polar surface area (TPSA) is 279 Å². The first-order chi connectivity index (χ1) is 24.8. The molecule has 2 atom stereocenters. The largest absolute Gasteiger partial charge is 0.370 e. The molecule has 13 N–H and O–H groups in total. The van der Waals surface area contributed by atoms with Gasteiger partial charge in [0.15, 0.2) is 5.96 Å². The standard InChI is InChI=1S/C26H32N6O6.C4H11N3.C4H11N.CH4S/c1-17(31-25(37)19-10-6-3-7-11-19)24(36)29-16-23(35)32-20(12-13-21(27)33)26(38)30-15-22(34)28-14-18-8-4-2-5-9-18;1-2-3-7-4(5)6;1-2-3-4-5;1-2/h2-11,17,20H,12-16H2,1H3,(H2,27,33)(H,28,34)(H,29,36)(H,30,38)(H,31,37)(H,32,35);2-3H2,1H3,(H4,5,6,7);2-5H2,1H3;2H,1H3/t17?,20-;;;/m0.../s1. The van der Waals surface area contributed by atoms with Gasteiger partial charge in [-0.15, -0.1) is 0 Å². The fourth-order valence-electron chi connectivity index (χ4n) is 3.65. The van der Waals surface area contributed by atoms with Crippen molar-refractivity contribution in [1.29, 1.82) is 0 Å². The van der Waals surface area contributed by atoms with Gasteiger partial charge < -0.3 is 49.5 Å². The number of hydrogen-bond acceptors (Lipinski definition) is 9. The van der Waals surface area contributed by atoms with Crippen molar-refractivity contribution in [3.63, 3.8) is 0 Å². The highest BCUT2D eigenvalue weighted by Gasteiger charge is 2.23. The molecular formula is C35H58N10O6S. The number of rotatable bonds is 18. The summed E-state index contributed by atoms with van der Waals surface area (Å²) in [6.45, 7) is 6.64. The number of carbonyl (C=O) groups is 6. The average molecular weight is 747 g/mol. The number of nitrogens with two attached hydrogens (primary N) is 4. The first-order valence-electron chi connectivity index (χ1n) is 16.8. The first kappa shape index (κ1) is 49.0. The molecule has 0 aliphatic heterocycles. The number of nitrogens with zero attached hydrogens (tertiary/aromatic N) is 1. The molecule has 0 fully saturated rings. The van der Waals surface area contributed by atoms with Crippen LogP contribution in [0.3, 0.4) is 0 Å². The summed E-state index contributed by atoms with van der Waals surface area (Å²) in [7, 11) is 0. The molecule has 2 aromatic rings. The van der Waals surface area contributed by atoms with Crippen LogP contribution in [0, 0.1) is 0 Å². The van der Waals surface area contributed by atoms with Crippen LogP contribution >= 0.6 is 12.6 Å². The van der Waals surface area contributed by atoms with Crippen LogP contribution in [0.5, 0.6) is 0 Å². The highest BCUT2D eigenvalue weighted by atomic mass is 32.1. The maximum absolute atomic E-state index is 12.6. The number of amides is 6. The summed E-state index contributed by atoms with van der Waals surface area (Å²) in [5, 5.41) is 12.4. The number of benzene rings is 2. The molecule has 0 heterocycles. The van der Waals surface area contributed by atoms with E-state index in [1.54, 1.807) is 36.6 Å². The number of thiol groups is 1. The fraction of sp³-hybridized carbons (Fsp3) is 0.457. The molecule has 0 saturated carbocycles. The number of unbranched alkanes of at least 4 members (excludes halogenated alkanes) is 1. The van der Waals surface area contributed by atoms with Gasteiger partial charge in [-0.05, 0) is 56.7 Å². The Morgan fingerprint density at radius 3 is 1.79 bits per heavy atom. The van der Waals surface area contributed by atoms with E-state index in [1.807, 2.05) is 37.3 Å².